The molecule has 2 heterocycles. The topological polar surface area (TPSA) is 73.7 Å². The quantitative estimate of drug-likeness (QED) is 0.287. The molecule has 4 aromatic rings. The standard InChI is InChI=1S/C27H24FN3O4S/c1-34-22-4-2-3-21(16-22)31-26(33)23-10-7-19(25(32)30-11-13-35-14-12-30)15-24(23)29-27(31)36-17-18-5-8-20(28)9-6-18/h2-10,15-16H,11-14,17H2,1H3. The maximum atomic E-state index is 13.7. The molecular formula is C27H24FN3O4S. The lowest BCUT2D eigenvalue weighted by Crippen LogP contribution is -2.40. The Hall–Kier alpha value is -3.69. The Morgan fingerprint density at radius 2 is 1.86 bits per heavy atom. The van der Waals surface area contributed by atoms with Crippen LogP contribution in [0.3, 0.4) is 0 Å². The van der Waals surface area contributed by atoms with Gasteiger partial charge in [0.2, 0.25) is 0 Å². The van der Waals surface area contributed by atoms with Crippen LogP contribution < -0.4 is 10.3 Å². The van der Waals surface area contributed by atoms with Crippen molar-refractivity contribution in [3.05, 3.63) is 94.0 Å². The van der Waals surface area contributed by atoms with Gasteiger partial charge in [0, 0.05) is 30.5 Å². The predicted octanol–water partition coefficient (Wildman–Crippen LogP) is 4.30. The fourth-order valence-corrected chi connectivity index (χ4v) is 5.02. The number of aromatic nitrogens is 2. The summed E-state index contributed by atoms with van der Waals surface area (Å²) in [4.78, 5) is 33.3. The average Bonchev–Trinajstić information content (AvgIpc) is 2.92. The van der Waals surface area contributed by atoms with E-state index in [-0.39, 0.29) is 17.3 Å². The summed E-state index contributed by atoms with van der Waals surface area (Å²) in [6, 6.07) is 18.4. The summed E-state index contributed by atoms with van der Waals surface area (Å²) in [5, 5.41) is 0.864. The van der Waals surface area contributed by atoms with Gasteiger partial charge in [-0.05, 0) is 48.0 Å². The summed E-state index contributed by atoms with van der Waals surface area (Å²) in [6.07, 6.45) is 0. The van der Waals surface area contributed by atoms with Gasteiger partial charge in [-0.25, -0.2) is 9.37 Å². The summed E-state index contributed by atoms with van der Waals surface area (Å²) < 4.78 is 25.6. The summed E-state index contributed by atoms with van der Waals surface area (Å²) in [7, 11) is 1.57. The first-order valence-corrected chi connectivity index (χ1v) is 12.5. The number of rotatable bonds is 6. The van der Waals surface area contributed by atoms with Gasteiger partial charge in [0.25, 0.3) is 11.5 Å². The first kappa shape index (κ1) is 24.0. The molecular weight excluding hydrogens is 481 g/mol. The van der Waals surface area contributed by atoms with Crippen LogP contribution in [0, 0.1) is 5.82 Å². The van der Waals surface area contributed by atoms with E-state index in [4.69, 9.17) is 14.5 Å². The molecule has 7 nitrogen and oxygen atoms in total. The first-order chi connectivity index (χ1) is 17.5. The van der Waals surface area contributed by atoms with Crippen LogP contribution >= 0.6 is 11.8 Å². The van der Waals surface area contributed by atoms with Crippen LogP contribution in [0.4, 0.5) is 4.39 Å². The Morgan fingerprint density at radius 3 is 2.61 bits per heavy atom. The summed E-state index contributed by atoms with van der Waals surface area (Å²) in [5.41, 5.74) is 2.18. The highest BCUT2D eigenvalue weighted by atomic mass is 32.2. The van der Waals surface area contributed by atoms with E-state index < -0.39 is 0 Å². The van der Waals surface area contributed by atoms with Crippen molar-refractivity contribution in [2.45, 2.75) is 10.9 Å². The molecule has 36 heavy (non-hydrogen) atoms. The SMILES string of the molecule is COc1cccc(-n2c(SCc3ccc(F)cc3)nc3cc(C(=O)N4CCOCC4)ccc3c2=O)c1. The third-order valence-electron chi connectivity index (χ3n) is 5.98. The molecule has 1 amide bonds. The minimum Gasteiger partial charge on any atom is -0.497 e. The van der Waals surface area contributed by atoms with E-state index in [1.807, 2.05) is 12.1 Å². The molecule has 3 aromatic carbocycles. The van der Waals surface area contributed by atoms with Gasteiger partial charge >= 0.3 is 0 Å². The molecule has 1 fully saturated rings. The number of amides is 1. The Bertz CT molecular complexity index is 1470. The van der Waals surface area contributed by atoms with Crippen molar-refractivity contribution in [1.82, 2.24) is 14.5 Å². The number of nitrogens with zero attached hydrogens (tertiary/aromatic N) is 3. The molecule has 0 atom stereocenters. The number of hydrogen-bond donors (Lipinski definition) is 0. The van der Waals surface area contributed by atoms with Gasteiger partial charge in [-0.1, -0.05) is 30.0 Å². The van der Waals surface area contributed by atoms with Gasteiger partial charge in [0.15, 0.2) is 5.16 Å². The highest BCUT2D eigenvalue weighted by Crippen LogP contribution is 2.27. The molecule has 1 aliphatic heterocycles. The van der Waals surface area contributed by atoms with Crippen molar-refractivity contribution >= 4 is 28.6 Å². The van der Waals surface area contributed by atoms with Crippen LogP contribution in [0.2, 0.25) is 0 Å². The predicted molar refractivity (Wildman–Crippen MR) is 137 cm³/mol. The van der Waals surface area contributed by atoms with E-state index in [0.717, 1.165) is 5.56 Å². The van der Waals surface area contributed by atoms with E-state index in [1.54, 1.807) is 59.0 Å². The lowest BCUT2D eigenvalue weighted by atomic mass is 10.1. The third-order valence-corrected chi connectivity index (χ3v) is 6.99. The van der Waals surface area contributed by atoms with Gasteiger partial charge in [-0.2, -0.15) is 0 Å². The van der Waals surface area contributed by atoms with Crippen LogP contribution in [0.15, 0.2) is 76.7 Å². The zero-order valence-corrected chi connectivity index (χ0v) is 20.5. The second kappa shape index (κ2) is 10.5. The Morgan fingerprint density at radius 1 is 1.08 bits per heavy atom. The second-order valence-corrected chi connectivity index (χ2v) is 9.23. The number of benzene rings is 3. The molecule has 0 N–H and O–H groups in total. The van der Waals surface area contributed by atoms with Gasteiger partial charge in [-0.3, -0.25) is 14.2 Å². The summed E-state index contributed by atoms with van der Waals surface area (Å²) >= 11 is 1.36. The Kier molecular flexibility index (Phi) is 7.02. The maximum Gasteiger partial charge on any atom is 0.266 e. The minimum absolute atomic E-state index is 0.112. The van der Waals surface area contributed by atoms with E-state index in [9.17, 15) is 14.0 Å². The lowest BCUT2D eigenvalue weighted by molar-refractivity contribution is 0.0303. The van der Waals surface area contributed by atoms with Gasteiger partial charge in [-0.15, -0.1) is 0 Å². The van der Waals surface area contributed by atoms with E-state index >= 15 is 0 Å². The van der Waals surface area contributed by atoms with E-state index in [1.165, 1.54) is 23.9 Å². The molecule has 1 saturated heterocycles. The fraction of sp³-hybridized carbons (Fsp3) is 0.222. The van der Waals surface area contributed by atoms with Crippen molar-refractivity contribution in [1.29, 1.82) is 0 Å². The summed E-state index contributed by atoms with van der Waals surface area (Å²) in [5.74, 6) is 0.674. The maximum absolute atomic E-state index is 13.7. The summed E-state index contributed by atoms with van der Waals surface area (Å²) in [6.45, 7) is 2.07. The number of fused-ring (bicyclic) bond motifs is 1. The van der Waals surface area contributed by atoms with Crippen LogP contribution in [-0.4, -0.2) is 53.8 Å². The molecule has 1 aromatic heterocycles. The minimum atomic E-state index is -0.307. The smallest absolute Gasteiger partial charge is 0.266 e. The van der Waals surface area contributed by atoms with E-state index in [0.29, 0.717) is 65.1 Å². The van der Waals surface area contributed by atoms with Crippen LogP contribution in [0.5, 0.6) is 5.75 Å². The number of hydrogen-bond acceptors (Lipinski definition) is 6. The Labute approximate surface area is 211 Å². The first-order valence-electron chi connectivity index (χ1n) is 11.5. The molecule has 0 spiro atoms. The highest BCUT2D eigenvalue weighted by molar-refractivity contribution is 7.98. The zero-order chi connectivity index (χ0) is 25.1. The van der Waals surface area contributed by atoms with Crippen molar-refractivity contribution < 1.29 is 18.7 Å². The largest absolute Gasteiger partial charge is 0.497 e. The normalized spacial score (nSPS) is 13.7. The number of methoxy groups -OCH3 is 1. The monoisotopic (exact) mass is 505 g/mol. The van der Waals surface area contributed by atoms with Crippen LogP contribution in [-0.2, 0) is 10.5 Å². The Balaban J connectivity index is 1.59. The lowest BCUT2D eigenvalue weighted by Gasteiger charge is -2.26. The molecule has 0 radical (unpaired) electrons. The molecule has 5 rings (SSSR count). The third kappa shape index (κ3) is 4.98. The number of ether oxygens (including phenoxy) is 2. The van der Waals surface area contributed by atoms with Crippen molar-refractivity contribution in [3.63, 3.8) is 0 Å². The van der Waals surface area contributed by atoms with Crippen LogP contribution in [0.1, 0.15) is 15.9 Å². The number of thioether (sulfide) groups is 1. The number of carbonyl (C=O) groups is 1. The highest BCUT2D eigenvalue weighted by Gasteiger charge is 2.21. The molecule has 9 heteroatoms. The van der Waals surface area contributed by atoms with Crippen molar-refractivity contribution in [2.24, 2.45) is 0 Å². The molecule has 0 aliphatic carbocycles. The molecule has 184 valence electrons. The molecule has 0 bridgehead atoms. The van der Waals surface area contributed by atoms with Crippen LogP contribution in [0.25, 0.3) is 16.6 Å². The van der Waals surface area contributed by atoms with Gasteiger partial charge in [0.05, 0.1) is 36.9 Å². The van der Waals surface area contributed by atoms with E-state index in [2.05, 4.69) is 0 Å². The number of morpholine rings is 1. The molecule has 0 unspecified atom stereocenters. The number of halogens is 1. The average molecular weight is 506 g/mol. The molecule has 0 saturated carbocycles. The fourth-order valence-electron chi connectivity index (χ4n) is 4.05. The van der Waals surface area contributed by atoms with Gasteiger partial charge < -0.3 is 14.4 Å². The zero-order valence-electron chi connectivity index (χ0n) is 19.6. The number of carbonyl (C=O) groups excluding carboxylic acids is 1. The van der Waals surface area contributed by atoms with Gasteiger partial charge in [0.1, 0.15) is 11.6 Å². The molecule has 1 aliphatic rings. The van der Waals surface area contributed by atoms with Crippen molar-refractivity contribution in [2.75, 3.05) is 33.4 Å². The van der Waals surface area contributed by atoms with Crippen molar-refractivity contribution in [3.8, 4) is 11.4 Å². The second-order valence-electron chi connectivity index (χ2n) is 8.29.